The molecule has 0 unspecified atom stereocenters. The zero-order valence-corrected chi connectivity index (χ0v) is 21.2. The number of ether oxygens (including phenoxy) is 2. The largest absolute Gasteiger partial charge is 0.505 e. The maximum absolute atomic E-state index is 11.4. The molecule has 2 rings (SSSR count). The fourth-order valence-electron chi connectivity index (χ4n) is 3.11. The van der Waals surface area contributed by atoms with Gasteiger partial charge in [0.05, 0.1) is 32.8 Å². The van der Waals surface area contributed by atoms with Crippen molar-refractivity contribution in [1.82, 2.24) is 0 Å². The van der Waals surface area contributed by atoms with Gasteiger partial charge in [-0.2, -0.15) is 0 Å². The Morgan fingerprint density at radius 2 is 1.82 bits per heavy atom. The summed E-state index contributed by atoms with van der Waals surface area (Å²) in [5.41, 5.74) is 2.34. The van der Waals surface area contributed by atoms with Gasteiger partial charge in [-0.3, -0.25) is 10.1 Å². The number of benzene rings is 2. The van der Waals surface area contributed by atoms with E-state index in [9.17, 15) is 15.2 Å². The van der Waals surface area contributed by atoms with Crippen LogP contribution in [-0.4, -0.2) is 31.8 Å². The van der Waals surface area contributed by atoms with E-state index in [0.29, 0.717) is 23.7 Å². The summed E-state index contributed by atoms with van der Waals surface area (Å²) in [7, 11) is 0.0274. The number of phenolic OH excluding ortho intramolecular Hbond substituents is 1. The number of aromatic hydroxyl groups is 1. The number of nitro groups is 1. The van der Waals surface area contributed by atoms with Gasteiger partial charge in [-0.1, -0.05) is 39.9 Å². The first-order chi connectivity index (χ1) is 15.4. The second-order valence-corrected chi connectivity index (χ2v) is 14.4. The Kier molecular flexibility index (Phi) is 8.38. The molecule has 0 saturated carbocycles. The Morgan fingerprint density at radius 3 is 2.39 bits per heavy atom. The molecular weight excluding hydrogens is 438 g/mol. The molecule has 0 atom stereocenters. The molecule has 8 nitrogen and oxygen atoms in total. The van der Waals surface area contributed by atoms with Gasteiger partial charge >= 0.3 is 0 Å². The van der Waals surface area contributed by atoms with Gasteiger partial charge in [0, 0.05) is 11.6 Å². The van der Waals surface area contributed by atoms with Crippen molar-refractivity contribution in [1.29, 1.82) is 0 Å². The van der Waals surface area contributed by atoms with E-state index in [1.54, 1.807) is 18.2 Å². The van der Waals surface area contributed by atoms with E-state index in [2.05, 4.69) is 35.6 Å². The van der Waals surface area contributed by atoms with E-state index in [1.807, 2.05) is 20.8 Å². The van der Waals surface area contributed by atoms with Crippen LogP contribution in [0.2, 0.25) is 19.1 Å². The van der Waals surface area contributed by atoms with Gasteiger partial charge in [0.2, 0.25) is 0 Å². The minimum atomic E-state index is -1.40. The third kappa shape index (κ3) is 7.14. The molecule has 178 valence electrons. The average Bonchev–Trinajstić information content (AvgIpc) is 2.75. The molecule has 0 bridgehead atoms. The first-order valence-electron chi connectivity index (χ1n) is 10.8. The van der Waals surface area contributed by atoms with Gasteiger partial charge in [0.15, 0.2) is 5.69 Å². The molecule has 33 heavy (non-hydrogen) atoms. The highest BCUT2D eigenvalue weighted by Gasteiger charge is 2.23. The van der Waals surface area contributed by atoms with Crippen molar-refractivity contribution < 1.29 is 19.5 Å². The van der Waals surface area contributed by atoms with Gasteiger partial charge in [-0.05, 0) is 30.0 Å². The molecule has 0 spiro atoms. The molecule has 0 radical (unpaired) electrons. The van der Waals surface area contributed by atoms with Crippen molar-refractivity contribution >= 4 is 25.1 Å². The summed E-state index contributed by atoms with van der Waals surface area (Å²) in [6.07, 6.45) is 0.895. The topological polar surface area (TPSA) is 107 Å². The Morgan fingerprint density at radius 1 is 1.15 bits per heavy atom. The van der Waals surface area contributed by atoms with Crippen LogP contribution in [0.5, 0.6) is 17.2 Å². The first-order valence-corrected chi connectivity index (χ1v) is 14.0. The summed E-state index contributed by atoms with van der Waals surface area (Å²) in [5.74, 6) is 0.876. The Labute approximate surface area is 196 Å². The van der Waals surface area contributed by atoms with Crippen molar-refractivity contribution in [2.75, 3.05) is 13.7 Å². The zero-order valence-electron chi connectivity index (χ0n) is 20.2. The fourth-order valence-corrected chi connectivity index (χ4v) is 4.37. The van der Waals surface area contributed by atoms with Gasteiger partial charge in [-0.15, -0.1) is 22.5 Å². The van der Waals surface area contributed by atoms with Gasteiger partial charge in [0.1, 0.15) is 22.9 Å². The van der Waals surface area contributed by atoms with Crippen LogP contribution in [0.4, 0.5) is 17.1 Å². The van der Waals surface area contributed by atoms with Crippen LogP contribution in [0, 0.1) is 10.1 Å². The second-order valence-electron chi connectivity index (χ2n) is 9.55. The number of hydrogen-bond acceptors (Lipinski definition) is 7. The van der Waals surface area contributed by atoms with Crippen molar-refractivity contribution in [3.63, 3.8) is 0 Å². The highest BCUT2D eigenvalue weighted by molar-refractivity contribution is 6.82. The molecule has 0 aromatic heterocycles. The maximum atomic E-state index is 11.4. The lowest BCUT2D eigenvalue weighted by Gasteiger charge is -2.22. The van der Waals surface area contributed by atoms with Crippen molar-refractivity contribution in [3.05, 3.63) is 58.3 Å². The quantitative estimate of drug-likeness (QED) is 0.129. The smallest absolute Gasteiger partial charge is 0.300 e. The predicted molar refractivity (Wildman–Crippen MR) is 133 cm³/mol. The van der Waals surface area contributed by atoms with E-state index < -0.39 is 13.0 Å². The molecule has 0 fully saturated rings. The molecular formula is C24H33N3O5Si. The molecule has 2 aromatic carbocycles. The minimum absolute atomic E-state index is 0.0324. The number of hydrogen-bond donors (Lipinski definition) is 1. The monoisotopic (exact) mass is 471 g/mol. The molecule has 9 heteroatoms. The lowest BCUT2D eigenvalue weighted by atomic mass is 9.86. The molecule has 2 aromatic rings. The van der Waals surface area contributed by atoms with Crippen LogP contribution < -0.4 is 9.47 Å². The van der Waals surface area contributed by atoms with Crippen LogP contribution in [0.1, 0.15) is 32.8 Å². The number of nitro benzene ring substituents is 1. The summed E-state index contributed by atoms with van der Waals surface area (Å²) >= 11 is 0. The van der Waals surface area contributed by atoms with Crippen LogP contribution >= 0.6 is 0 Å². The molecule has 0 aliphatic heterocycles. The van der Waals surface area contributed by atoms with Crippen LogP contribution in [0.25, 0.3) is 0 Å². The summed E-state index contributed by atoms with van der Waals surface area (Å²) in [6, 6.07) is 8.76. The molecule has 0 amide bonds. The van der Waals surface area contributed by atoms with Gasteiger partial charge in [-0.25, -0.2) is 0 Å². The van der Waals surface area contributed by atoms with E-state index in [4.69, 9.17) is 9.47 Å². The molecule has 1 N–H and O–H groups in total. The summed E-state index contributed by atoms with van der Waals surface area (Å²) in [5, 5.41) is 30.4. The normalized spacial score (nSPS) is 12.1. The second kappa shape index (κ2) is 10.6. The Hall–Kier alpha value is -3.20. The van der Waals surface area contributed by atoms with E-state index >= 15 is 0 Å². The SMILES string of the molecule is C=C[Si](C)(C)CCCOc1cc(N=Nc2ccc(OC)cc2[N+](=O)[O-])c(O)c(C(C)(C)C)c1. The molecule has 0 heterocycles. The number of nitrogens with zero attached hydrogens (tertiary/aromatic N) is 3. The number of rotatable bonds is 10. The Balaban J connectivity index is 2.37. The summed E-state index contributed by atoms with van der Waals surface area (Å²) in [6.45, 7) is 14.9. The first kappa shape index (κ1) is 26.1. The van der Waals surface area contributed by atoms with E-state index in [1.165, 1.54) is 19.2 Å². The zero-order chi connectivity index (χ0) is 24.8. The van der Waals surface area contributed by atoms with Gasteiger partial charge < -0.3 is 14.6 Å². The van der Waals surface area contributed by atoms with Crippen molar-refractivity contribution in [2.24, 2.45) is 10.2 Å². The highest BCUT2D eigenvalue weighted by Crippen LogP contribution is 2.42. The predicted octanol–water partition coefficient (Wildman–Crippen LogP) is 7.22. The maximum Gasteiger partial charge on any atom is 0.300 e. The third-order valence-corrected chi connectivity index (χ3v) is 8.05. The number of methoxy groups -OCH3 is 1. The average molecular weight is 472 g/mol. The molecule has 0 aliphatic rings. The van der Waals surface area contributed by atoms with Crippen molar-refractivity contribution in [2.45, 2.75) is 51.7 Å². The van der Waals surface area contributed by atoms with Crippen molar-refractivity contribution in [3.8, 4) is 17.2 Å². The third-order valence-electron chi connectivity index (χ3n) is 5.30. The lowest BCUT2D eigenvalue weighted by molar-refractivity contribution is -0.384. The molecule has 0 saturated heterocycles. The minimum Gasteiger partial charge on any atom is -0.505 e. The van der Waals surface area contributed by atoms with E-state index in [-0.39, 0.29) is 28.2 Å². The molecule has 0 aliphatic carbocycles. The number of phenols is 1. The van der Waals surface area contributed by atoms with Gasteiger partial charge in [0.25, 0.3) is 5.69 Å². The summed E-state index contributed by atoms with van der Waals surface area (Å²) in [4.78, 5) is 10.9. The standard InChI is InChI=1S/C24H33N3O5Si/c1-8-33(6,7)13-9-12-32-18-14-19(24(2,3)4)23(28)21(15-18)26-25-20-11-10-17(31-5)16-22(20)27(29)30/h8,10-11,14-16,28H,1,9,12-13H2,2-7H3. The number of azo groups is 1. The van der Waals surface area contributed by atoms with Crippen LogP contribution in [0.15, 0.2) is 52.8 Å². The van der Waals surface area contributed by atoms with E-state index in [0.717, 1.165) is 12.5 Å². The van der Waals surface area contributed by atoms with Crippen LogP contribution in [-0.2, 0) is 5.41 Å². The highest BCUT2D eigenvalue weighted by atomic mass is 28.3. The van der Waals surface area contributed by atoms with Crippen LogP contribution in [0.3, 0.4) is 0 Å². The lowest BCUT2D eigenvalue weighted by Crippen LogP contribution is -2.22. The fraction of sp³-hybridized carbons (Fsp3) is 0.417. The Bertz CT molecular complexity index is 1050. The summed E-state index contributed by atoms with van der Waals surface area (Å²) < 4.78 is 11.0.